The van der Waals surface area contributed by atoms with E-state index in [1.807, 2.05) is 0 Å². The molecule has 0 radical (unpaired) electrons. The van der Waals surface area contributed by atoms with Crippen molar-refractivity contribution in [3.8, 4) is 11.5 Å². The van der Waals surface area contributed by atoms with E-state index in [1.54, 1.807) is 6.92 Å². The number of hydrogen-bond donors (Lipinski definition) is 0. The van der Waals surface area contributed by atoms with E-state index in [2.05, 4.69) is 4.74 Å². The molecular weight excluding hydrogens is 339 g/mol. The summed E-state index contributed by atoms with van der Waals surface area (Å²) in [6.07, 6.45) is 0. The van der Waals surface area contributed by atoms with Crippen LogP contribution in [0, 0.1) is 12.7 Å². The molecule has 0 atom stereocenters. The summed E-state index contributed by atoms with van der Waals surface area (Å²) in [5.41, 5.74) is 0.715. The van der Waals surface area contributed by atoms with Gasteiger partial charge in [-0.1, -0.05) is 6.07 Å². The number of methoxy groups -OCH3 is 2. The van der Waals surface area contributed by atoms with Gasteiger partial charge in [-0.25, -0.2) is 9.18 Å². The fourth-order valence-electron chi connectivity index (χ4n) is 1.95. The Labute approximate surface area is 138 Å². The highest BCUT2D eigenvalue weighted by molar-refractivity contribution is 7.87. The molecule has 0 aliphatic carbocycles. The molecule has 0 N–H and O–H groups in total. The highest BCUT2D eigenvalue weighted by Crippen LogP contribution is 2.31. The van der Waals surface area contributed by atoms with Gasteiger partial charge in [-0.15, -0.1) is 0 Å². The molecule has 0 aromatic heterocycles. The molecule has 0 bridgehead atoms. The van der Waals surface area contributed by atoms with E-state index in [0.717, 1.165) is 6.07 Å². The molecule has 0 aliphatic rings. The summed E-state index contributed by atoms with van der Waals surface area (Å²) < 4.78 is 53.0. The largest absolute Gasteiger partial charge is 0.493 e. The topological polar surface area (TPSA) is 78.9 Å². The van der Waals surface area contributed by atoms with Crippen molar-refractivity contribution in [2.24, 2.45) is 0 Å². The fourth-order valence-corrected chi connectivity index (χ4v) is 3.05. The lowest BCUT2D eigenvalue weighted by atomic mass is 10.2. The third-order valence-corrected chi connectivity index (χ3v) is 4.39. The van der Waals surface area contributed by atoms with Crippen molar-refractivity contribution in [2.45, 2.75) is 11.8 Å². The quantitative estimate of drug-likeness (QED) is 0.607. The van der Waals surface area contributed by atoms with Gasteiger partial charge in [-0.2, -0.15) is 8.42 Å². The number of aryl methyl sites for hydroxylation is 1. The number of ether oxygens (including phenoxy) is 2. The van der Waals surface area contributed by atoms with Crippen LogP contribution in [0.25, 0.3) is 0 Å². The molecule has 8 heteroatoms. The minimum atomic E-state index is -4.41. The average molecular weight is 354 g/mol. The lowest BCUT2D eigenvalue weighted by molar-refractivity contribution is 0.0600. The van der Waals surface area contributed by atoms with Crippen LogP contribution in [-0.4, -0.2) is 28.6 Å². The van der Waals surface area contributed by atoms with Crippen LogP contribution in [-0.2, 0) is 14.9 Å². The molecule has 0 aliphatic heterocycles. The summed E-state index contributed by atoms with van der Waals surface area (Å²) in [5.74, 6) is -1.72. The second kappa shape index (κ2) is 6.88. The summed E-state index contributed by atoms with van der Waals surface area (Å²) >= 11 is 0. The smallest absolute Gasteiger partial charge is 0.342 e. The van der Waals surface area contributed by atoms with E-state index in [9.17, 15) is 17.6 Å². The van der Waals surface area contributed by atoms with E-state index in [-0.39, 0.29) is 17.1 Å². The van der Waals surface area contributed by atoms with Crippen molar-refractivity contribution in [3.63, 3.8) is 0 Å². The van der Waals surface area contributed by atoms with E-state index < -0.39 is 26.8 Å². The highest BCUT2D eigenvalue weighted by Gasteiger charge is 2.24. The van der Waals surface area contributed by atoms with Gasteiger partial charge in [0.2, 0.25) is 0 Å². The molecule has 0 fully saturated rings. The van der Waals surface area contributed by atoms with Crippen LogP contribution in [0.1, 0.15) is 15.9 Å². The van der Waals surface area contributed by atoms with Gasteiger partial charge in [0.05, 0.1) is 19.8 Å². The van der Waals surface area contributed by atoms with Gasteiger partial charge in [0, 0.05) is 0 Å². The van der Waals surface area contributed by atoms with Crippen LogP contribution in [0.4, 0.5) is 4.39 Å². The maximum absolute atomic E-state index is 13.8. The molecule has 24 heavy (non-hydrogen) atoms. The van der Waals surface area contributed by atoms with Gasteiger partial charge in [-0.3, -0.25) is 0 Å². The van der Waals surface area contributed by atoms with Crippen molar-refractivity contribution >= 4 is 16.1 Å². The number of halogens is 1. The summed E-state index contributed by atoms with van der Waals surface area (Å²) in [7, 11) is -1.92. The van der Waals surface area contributed by atoms with Crippen LogP contribution in [0.3, 0.4) is 0 Å². The van der Waals surface area contributed by atoms with E-state index in [0.29, 0.717) is 5.56 Å². The first-order valence-electron chi connectivity index (χ1n) is 6.75. The van der Waals surface area contributed by atoms with Crippen LogP contribution < -0.4 is 8.92 Å². The molecule has 2 aromatic rings. The van der Waals surface area contributed by atoms with Crippen LogP contribution >= 0.6 is 0 Å². The molecule has 0 amide bonds. The lowest BCUT2D eigenvalue weighted by Gasteiger charge is -2.12. The summed E-state index contributed by atoms with van der Waals surface area (Å²) in [5, 5.41) is 0. The molecule has 6 nitrogen and oxygen atoms in total. The van der Waals surface area contributed by atoms with Gasteiger partial charge in [0.25, 0.3) is 0 Å². The Morgan fingerprint density at radius 2 is 1.75 bits per heavy atom. The maximum Gasteiger partial charge on any atom is 0.342 e. The molecule has 0 heterocycles. The van der Waals surface area contributed by atoms with Crippen molar-refractivity contribution < 1.29 is 31.3 Å². The Kier molecular flexibility index (Phi) is 5.08. The van der Waals surface area contributed by atoms with Crippen molar-refractivity contribution in [1.29, 1.82) is 0 Å². The number of benzene rings is 2. The fraction of sp³-hybridized carbons (Fsp3) is 0.188. The minimum Gasteiger partial charge on any atom is -0.493 e. The third kappa shape index (κ3) is 3.65. The Bertz CT molecular complexity index is 876. The summed E-state index contributed by atoms with van der Waals surface area (Å²) in [4.78, 5) is 10.9. The first kappa shape index (κ1) is 17.7. The van der Waals surface area contributed by atoms with Crippen molar-refractivity contribution in [2.75, 3.05) is 14.2 Å². The summed E-state index contributed by atoms with van der Waals surface area (Å²) in [6.45, 7) is 1.63. The van der Waals surface area contributed by atoms with Gasteiger partial charge in [-0.05, 0) is 42.8 Å². The zero-order chi connectivity index (χ0) is 17.9. The number of carbonyl (C=O) groups excluding carboxylic acids is 1. The number of hydrogen-bond acceptors (Lipinski definition) is 6. The SMILES string of the molecule is COC(=O)c1ccc(OS(=O)(=O)c2cc(C)ccc2F)c(OC)c1. The van der Waals surface area contributed by atoms with Crippen LogP contribution in [0.2, 0.25) is 0 Å². The average Bonchev–Trinajstić information content (AvgIpc) is 2.56. The van der Waals surface area contributed by atoms with Gasteiger partial charge >= 0.3 is 16.1 Å². The third-order valence-electron chi connectivity index (χ3n) is 3.14. The van der Waals surface area contributed by atoms with Crippen LogP contribution in [0.15, 0.2) is 41.3 Å². The molecule has 128 valence electrons. The van der Waals surface area contributed by atoms with E-state index in [4.69, 9.17) is 8.92 Å². The Morgan fingerprint density at radius 1 is 1.04 bits per heavy atom. The Hall–Kier alpha value is -2.61. The number of carbonyl (C=O) groups is 1. The molecule has 0 spiro atoms. The first-order valence-corrected chi connectivity index (χ1v) is 8.16. The Balaban J connectivity index is 2.43. The number of rotatable bonds is 5. The lowest BCUT2D eigenvalue weighted by Crippen LogP contribution is -2.13. The summed E-state index contributed by atoms with van der Waals surface area (Å²) in [6, 6.07) is 7.47. The minimum absolute atomic E-state index is 0.00506. The molecule has 2 aromatic carbocycles. The predicted molar refractivity (Wildman–Crippen MR) is 83.3 cm³/mol. The van der Waals surface area contributed by atoms with Gasteiger partial charge < -0.3 is 13.7 Å². The zero-order valence-electron chi connectivity index (χ0n) is 13.2. The Morgan fingerprint density at radius 3 is 2.38 bits per heavy atom. The normalized spacial score (nSPS) is 11.0. The second-order valence-corrected chi connectivity index (χ2v) is 6.34. The van der Waals surface area contributed by atoms with E-state index in [1.165, 1.54) is 44.6 Å². The zero-order valence-corrected chi connectivity index (χ0v) is 14.0. The molecule has 0 unspecified atom stereocenters. The first-order chi connectivity index (χ1) is 11.3. The van der Waals surface area contributed by atoms with Gasteiger partial charge in [0.15, 0.2) is 11.5 Å². The molecule has 2 rings (SSSR count). The van der Waals surface area contributed by atoms with Gasteiger partial charge in [0.1, 0.15) is 10.7 Å². The van der Waals surface area contributed by atoms with Crippen molar-refractivity contribution in [1.82, 2.24) is 0 Å². The standard InChI is InChI=1S/C16H15FO6S/c1-10-4-6-12(17)15(8-10)24(19,20)23-13-7-5-11(16(18)22-3)9-14(13)21-2/h4-9H,1-3H3. The maximum atomic E-state index is 13.8. The monoisotopic (exact) mass is 354 g/mol. The predicted octanol–water partition coefficient (Wildman–Crippen LogP) is 2.70. The second-order valence-electron chi connectivity index (χ2n) is 4.83. The molecular formula is C16H15FO6S. The molecule has 0 saturated carbocycles. The highest BCUT2D eigenvalue weighted by atomic mass is 32.2. The van der Waals surface area contributed by atoms with Crippen molar-refractivity contribution in [3.05, 3.63) is 53.3 Å². The number of esters is 1. The molecule has 0 saturated heterocycles. The van der Waals surface area contributed by atoms with Crippen LogP contribution in [0.5, 0.6) is 11.5 Å². The van der Waals surface area contributed by atoms with E-state index >= 15 is 0 Å².